The molecule has 4 amide bonds. The molecule has 0 bridgehead atoms. The highest BCUT2D eigenvalue weighted by Gasteiger charge is 2.44. The number of carbonyl (C=O) groups is 3. The fraction of sp³-hybridized carbons (Fsp3) is 0.357. The first-order valence-electron chi connectivity index (χ1n) is 6.30. The van der Waals surface area contributed by atoms with Crippen molar-refractivity contribution in [3.63, 3.8) is 0 Å². The van der Waals surface area contributed by atoms with Crippen molar-refractivity contribution in [3.05, 3.63) is 29.8 Å². The third-order valence-corrected chi connectivity index (χ3v) is 3.42. The molecule has 0 saturated carbocycles. The van der Waals surface area contributed by atoms with Crippen LogP contribution in [0.2, 0.25) is 0 Å². The normalized spacial score (nSPS) is 16.8. The van der Waals surface area contributed by atoms with Crippen LogP contribution in [0.25, 0.3) is 0 Å². The van der Waals surface area contributed by atoms with Gasteiger partial charge >= 0.3 is 6.03 Å². The zero-order valence-electron chi connectivity index (χ0n) is 11.4. The van der Waals surface area contributed by atoms with E-state index >= 15 is 0 Å². The summed E-state index contributed by atoms with van der Waals surface area (Å²) in [4.78, 5) is 34.9. The van der Waals surface area contributed by atoms with Gasteiger partial charge in [0.15, 0.2) is 0 Å². The molecular weight excluding hydrogens is 258 g/mol. The van der Waals surface area contributed by atoms with Crippen molar-refractivity contribution in [1.29, 1.82) is 0 Å². The third kappa shape index (κ3) is 2.79. The maximum Gasteiger partial charge on any atom is 0.328 e. The van der Waals surface area contributed by atoms with Crippen molar-refractivity contribution in [2.75, 3.05) is 5.73 Å². The zero-order chi connectivity index (χ0) is 14.9. The summed E-state index contributed by atoms with van der Waals surface area (Å²) in [5.41, 5.74) is 6.64. The van der Waals surface area contributed by atoms with Crippen molar-refractivity contribution >= 4 is 23.5 Å². The molecule has 0 spiro atoms. The van der Waals surface area contributed by atoms with E-state index in [1.807, 2.05) is 26.0 Å². The van der Waals surface area contributed by atoms with Crippen LogP contribution in [0.5, 0.6) is 0 Å². The molecular formula is C14H17N3O3. The van der Waals surface area contributed by atoms with Crippen LogP contribution in [0.15, 0.2) is 24.3 Å². The standard InChI is InChI=1S/C14H17N3O3/c1-14(2,7-8-3-5-9(15)6-4-8)10-11(18)16-13(20)17-12(10)19/h3-6,10H,7,15H2,1-2H3,(H2,16,17,18,19,20). The van der Waals surface area contributed by atoms with E-state index < -0.39 is 29.2 Å². The van der Waals surface area contributed by atoms with E-state index in [1.165, 1.54) is 0 Å². The molecule has 6 heteroatoms. The van der Waals surface area contributed by atoms with Crippen LogP contribution in [0, 0.1) is 11.3 Å². The quantitative estimate of drug-likeness (QED) is 0.561. The van der Waals surface area contributed by atoms with E-state index in [1.54, 1.807) is 12.1 Å². The number of nitrogen functional groups attached to an aromatic ring is 1. The van der Waals surface area contributed by atoms with E-state index in [-0.39, 0.29) is 0 Å². The summed E-state index contributed by atoms with van der Waals surface area (Å²) in [6, 6.07) is 6.51. The first-order valence-corrected chi connectivity index (χ1v) is 6.30. The largest absolute Gasteiger partial charge is 0.399 e. The molecule has 0 aliphatic carbocycles. The zero-order valence-corrected chi connectivity index (χ0v) is 11.4. The van der Waals surface area contributed by atoms with Crippen molar-refractivity contribution < 1.29 is 14.4 Å². The van der Waals surface area contributed by atoms with Gasteiger partial charge in [-0.15, -0.1) is 0 Å². The van der Waals surface area contributed by atoms with Gasteiger partial charge in [0.1, 0.15) is 5.92 Å². The van der Waals surface area contributed by atoms with Crippen molar-refractivity contribution in [2.45, 2.75) is 20.3 Å². The van der Waals surface area contributed by atoms with Gasteiger partial charge in [-0.25, -0.2) is 4.79 Å². The van der Waals surface area contributed by atoms with Gasteiger partial charge in [-0.2, -0.15) is 0 Å². The van der Waals surface area contributed by atoms with Crippen LogP contribution in [0.4, 0.5) is 10.5 Å². The van der Waals surface area contributed by atoms with Crippen LogP contribution >= 0.6 is 0 Å². The first kappa shape index (κ1) is 14.0. The molecule has 0 atom stereocenters. The average molecular weight is 275 g/mol. The lowest BCUT2D eigenvalue weighted by atomic mass is 9.73. The van der Waals surface area contributed by atoms with E-state index in [0.29, 0.717) is 12.1 Å². The third-order valence-electron chi connectivity index (χ3n) is 3.42. The number of carbonyl (C=O) groups excluding carboxylic acids is 3. The Morgan fingerprint density at radius 2 is 1.55 bits per heavy atom. The molecule has 1 aliphatic heterocycles. The Morgan fingerprint density at radius 3 is 2.05 bits per heavy atom. The summed E-state index contributed by atoms with van der Waals surface area (Å²) < 4.78 is 0. The number of amides is 4. The van der Waals surface area contributed by atoms with Gasteiger partial charge in [-0.1, -0.05) is 26.0 Å². The lowest BCUT2D eigenvalue weighted by Crippen LogP contribution is -2.59. The Labute approximate surface area is 116 Å². The van der Waals surface area contributed by atoms with Crippen LogP contribution < -0.4 is 16.4 Å². The number of barbiturate groups is 1. The monoisotopic (exact) mass is 275 g/mol. The molecule has 4 N–H and O–H groups in total. The van der Waals surface area contributed by atoms with Crippen LogP contribution in [-0.2, 0) is 16.0 Å². The van der Waals surface area contributed by atoms with Crippen molar-refractivity contribution in [2.24, 2.45) is 11.3 Å². The van der Waals surface area contributed by atoms with Gasteiger partial charge < -0.3 is 5.73 Å². The summed E-state index contributed by atoms with van der Waals surface area (Å²) in [7, 11) is 0. The van der Waals surface area contributed by atoms with Crippen LogP contribution in [-0.4, -0.2) is 17.8 Å². The Morgan fingerprint density at radius 1 is 1.05 bits per heavy atom. The number of nitrogens with two attached hydrogens (primary N) is 1. The first-order chi connectivity index (χ1) is 9.29. The van der Waals surface area contributed by atoms with E-state index in [0.717, 1.165) is 5.56 Å². The Kier molecular flexibility index (Phi) is 3.48. The SMILES string of the molecule is CC(C)(Cc1ccc(N)cc1)C1C(=O)NC(=O)NC1=O. The highest BCUT2D eigenvalue weighted by atomic mass is 16.2. The Hall–Kier alpha value is -2.37. The van der Waals surface area contributed by atoms with Gasteiger partial charge in [0, 0.05) is 5.69 Å². The molecule has 1 aromatic carbocycles. The fourth-order valence-corrected chi connectivity index (χ4v) is 2.49. The number of hydrogen-bond donors (Lipinski definition) is 3. The van der Waals surface area contributed by atoms with Gasteiger partial charge in [0.2, 0.25) is 11.8 Å². The molecule has 106 valence electrons. The number of imide groups is 2. The van der Waals surface area contributed by atoms with Gasteiger partial charge in [0.05, 0.1) is 0 Å². The number of anilines is 1. The lowest BCUT2D eigenvalue weighted by molar-refractivity contribution is -0.140. The molecule has 2 rings (SSSR count). The molecule has 1 aliphatic rings. The number of urea groups is 1. The van der Waals surface area contributed by atoms with Crippen LogP contribution in [0.1, 0.15) is 19.4 Å². The molecule has 1 heterocycles. The molecule has 1 aromatic rings. The van der Waals surface area contributed by atoms with Gasteiger partial charge in [-0.3, -0.25) is 20.2 Å². The number of nitrogens with one attached hydrogen (secondary N) is 2. The topological polar surface area (TPSA) is 101 Å². The molecule has 0 unspecified atom stereocenters. The predicted octanol–water partition coefficient (Wildman–Crippen LogP) is 0.820. The second-order valence-electron chi connectivity index (χ2n) is 5.65. The maximum absolute atomic E-state index is 11.9. The second-order valence-corrected chi connectivity index (χ2v) is 5.65. The summed E-state index contributed by atoms with van der Waals surface area (Å²) >= 11 is 0. The Balaban J connectivity index is 2.20. The van der Waals surface area contributed by atoms with Crippen molar-refractivity contribution in [1.82, 2.24) is 10.6 Å². The average Bonchev–Trinajstić information content (AvgIpc) is 2.30. The molecule has 20 heavy (non-hydrogen) atoms. The highest BCUT2D eigenvalue weighted by molar-refractivity contribution is 6.16. The molecule has 0 aromatic heterocycles. The van der Waals surface area contributed by atoms with Crippen LogP contribution in [0.3, 0.4) is 0 Å². The van der Waals surface area contributed by atoms with E-state index in [9.17, 15) is 14.4 Å². The van der Waals surface area contributed by atoms with E-state index in [4.69, 9.17) is 5.73 Å². The number of hydrogen-bond acceptors (Lipinski definition) is 4. The molecule has 6 nitrogen and oxygen atoms in total. The predicted molar refractivity (Wildman–Crippen MR) is 73.5 cm³/mol. The summed E-state index contributed by atoms with van der Waals surface area (Å²) in [6.45, 7) is 3.64. The minimum Gasteiger partial charge on any atom is -0.399 e. The van der Waals surface area contributed by atoms with Crippen molar-refractivity contribution in [3.8, 4) is 0 Å². The number of rotatable bonds is 3. The Bertz CT molecular complexity index is 544. The molecule has 1 fully saturated rings. The summed E-state index contributed by atoms with van der Waals surface area (Å²) in [6.07, 6.45) is 0.521. The highest BCUT2D eigenvalue weighted by Crippen LogP contribution is 2.32. The number of benzene rings is 1. The van der Waals surface area contributed by atoms with Gasteiger partial charge in [-0.05, 0) is 29.5 Å². The van der Waals surface area contributed by atoms with E-state index in [2.05, 4.69) is 10.6 Å². The second kappa shape index (κ2) is 4.96. The smallest absolute Gasteiger partial charge is 0.328 e. The maximum atomic E-state index is 11.9. The summed E-state index contributed by atoms with van der Waals surface area (Å²) in [5.74, 6) is -2.02. The summed E-state index contributed by atoms with van der Waals surface area (Å²) in [5, 5.41) is 4.26. The minimum atomic E-state index is -0.905. The minimum absolute atomic E-state index is 0.521. The molecule has 0 radical (unpaired) electrons. The lowest BCUT2D eigenvalue weighted by Gasteiger charge is -2.34. The van der Waals surface area contributed by atoms with Gasteiger partial charge in [0.25, 0.3) is 0 Å². The fourth-order valence-electron chi connectivity index (χ4n) is 2.49. The molecule has 1 saturated heterocycles.